The molecule has 0 bridgehead atoms. The fraction of sp³-hybridized carbons (Fsp3) is 0.519. The first-order valence-corrected chi connectivity index (χ1v) is 13.2. The van der Waals surface area contributed by atoms with E-state index in [2.05, 4.69) is 0 Å². The molecule has 2 aromatic carbocycles. The summed E-state index contributed by atoms with van der Waals surface area (Å²) in [5.74, 6) is -2.38. The fourth-order valence-electron chi connectivity index (χ4n) is 3.85. The summed E-state index contributed by atoms with van der Waals surface area (Å²) in [6, 6.07) is 11.7. The van der Waals surface area contributed by atoms with Crippen molar-refractivity contribution in [2.45, 2.75) is 88.1 Å². The molecule has 0 atom stereocenters. The topological polar surface area (TPSA) is 113 Å². The number of methoxy groups -OCH3 is 1. The molecular formula is C27H36O8S. The predicted octanol–water partition coefficient (Wildman–Crippen LogP) is 4.77. The maximum Gasteiger partial charge on any atom is 0.327 e. The van der Waals surface area contributed by atoms with E-state index in [4.69, 9.17) is 14.2 Å². The summed E-state index contributed by atoms with van der Waals surface area (Å²) in [6.07, 6.45) is -1.58. The van der Waals surface area contributed by atoms with E-state index in [0.29, 0.717) is 5.39 Å². The van der Waals surface area contributed by atoms with Gasteiger partial charge in [0.25, 0.3) is 0 Å². The molecule has 0 heterocycles. The SMILES string of the molecule is COC(=O)C(CCC(=O)OC(C)(C)C)(CCC(=O)OC(C)(C)C)S(=O)(=O)c1ccc2ccccc2c1. The highest BCUT2D eigenvalue weighted by molar-refractivity contribution is 7.93. The molecule has 0 aliphatic carbocycles. The third kappa shape index (κ3) is 7.29. The van der Waals surface area contributed by atoms with Gasteiger partial charge in [0.15, 0.2) is 14.6 Å². The summed E-state index contributed by atoms with van der Waals surface area (Å²) in [4.78, 5) is 38.1. The molecule has 198 valence electrons. The van der Waals surface area contributed by atoms with Gasteiger partial charge in [0, 0.05) is 12.8 Å². The molecule has 2 aromatic rings. The van der Waals surface area contributed by atoms with Crippen LogP contribution in [0, 0.1) is 0 Å². The molecule has 0 amide bonds. The minimum Gasteiger partial charge on any atom is -0.468 e. The van der Waals surface area contributed by atoms with Gasteiger partial charge in [-0.1, -0.05) is 30.3 Å². The summed E-state index contributed by atoms with van der Waals surface area (Å²) >= 11 is 0. The summed E-state index contributed by atoms with van der Waals surface area (Å²) < 4.78 is 41.6. The summed E-state index contributed by atoms with van der Waals surface area (Å²) in [6.45, 7) is 10.1. The number of fused-ring (bicyclic) bond motifs is 1. The second-order valence-electron chi connectivity index (χ2n) is 10.7. The van der Waals surface area contributed by atoms with Gasteiger partial charge in [0.1, 0.15) is 11.2 Å². The van der Waals surface area contributed by atoms with E-state index in [-0.39, 0.29) is 17.7 Å². The summed E-state index contributed by atoms with van der Waals surface area (Å²) in [5.41, 5.74) is -1.59. The molecule has 0 N–H and O–H groups in total. The zero-order chi connectivity index (χ0) is 27.4. The largest absolute Gasteiger partial charge is 0.468 e. The number of esters is 3. The number of carbonyl (C=O) groups excluding carboxylic acids is 3. The molecule has 0 radical (unpaired) electrons. The Morgan fingerprint density at radius 2 is 1.22 bits per heavy atom. The van der Waals surface area contributed by atoms with E-state index in [9.17, 15) is 22.8 Å². The average molecular weight is 521 g/mol. The minimum absolute atomic E-state index is 0.111. The van der Waals surface area contributed by atoms with Gasteiger partial charge in [0.2, 0.25) is 0 Å². The highest BCUT2D eigenvalue weighted by Gasteiger charge is 2.53. The number of sulfone groups is 1. The van der Waals surface area contributed by atoms with Crippen LogP contribution in [0.5, 0.6) is 0 Å². The molecule has 0 spiro atoms. The van der Waals surface area contributed by atoms with Crippen LogP contribution in [-0.4, -0.2) is 49.4 Å². The van der Waals surface area contributed by atoms with E-state index in [1.807, 2.05) is 12.1 Å². The molecule has 9 heteroatoms. The number of ether oxygens (including phenoxy) is 3. The van der Waals surface area contributed by atoms with Crippen molar-refractivity contribution >= 4 is 38.5 Å². The molecule has 36 heavy (non-hydrogen) atoms. The lowest BCUT2D eigenvalue weighted by atomic mass is 9.96. The van der Waals surface area contributed by atoms with Crippen molar-refractivity contribution in [1.29, 1.82) is 0 Å². The molecule has 2 rings (SSSR count). The standard InChI is InChI=1S/C27H36O8S/c1-25(2,3)34-22(28)14-16-27(24(30)33-7,17-15-23(29)35-26(4,5)6)36(31,32)21-13-12-19-10-8-9-11-20(19)18-21/h8-13,18H,14-17H2,1-7H3. The Bertz CT molecular complexity index is 1180. The van der Waals surface area contributed by atoms with Crippen molar-refractivity contribution in [3.63, 3.8) is 0 Å². The molecule has 0 aliphatic rings. The number of benzene rings is 2. The molecule has 0 fully saturated rings. The Kier molecular flexibility index (Phi) is 8.94. The van der Waals surface area contributed by atoms with Crippen LogP contribution in [0.1, 0.15) is 67.2 Å². The quantitative estimate of drug-likeness (QED) is 0.343. The molecule has 0 aromatic heterocycles. The zero-order valence-corrected chi connectivity index (χ0v) is 22.9. The smallest absolute Gasteiger partial charge is 0.327 e. The van der Waals surface area contributed by atoms with Gasteiger partial charge in [-0.3, -0.25) is 14.4 Å². The van der Waals surface area contributed by atoms with E-state index in [1.165, 1.54) is 12.1 Å². The molecule has 0 aliphatic heterocycles. The van der Waals surface area contributed by atoms with E-state index in [0.717, 1.165) is 12.5 Å². The number of carbonyl (C=O) groups is 3. The Labute approximate surface area is 213 Å². The molecule has 0 saturated carbocycles. The minimum atomic E-state index is -4.43. The van der Waals surface area contributed by atoms with Gasteiger partial charge in [-0.25, -0.2) is 8.42 Å². The van der Waals surface area contributed by atoms with Crippen LogP contribution in [0.2, 0.25) is 0 Å². The number of hydrogen-bond acceptors (Lipinski definition) is 8. The predicted molar refractivity (Wildman–Crippen MR) is 136 cm³/mol. The molecular weight excluding hydrogens is 484 g/mol. The first kappa shape index (κ1) is 29.3. The lowest BCUT2D eigenvalue weighted by Gasteiger charge is -2.31. The van der Waals surface area contributed by atoms with Crippen LogP contribution in [0.25, 0.3) is 10.8 Å². The maximum absolute atomic E-state index is 14.1. The third-order valence-corrected chi connectivity index (χ3v) is 7.89. The summed E-state index contributed by atoms with van der Waals surface area (Å²) in [7, 11) is -3.36. The Morgan fingerprint density at radius 3 is 1.67 bits per heavy atom. The first-order valence-electron chi connectivity index (χ1n) is 11.8. The van der Waals surface area contributed by atoms with Crippen molar-refractivity contribution < 1.29 is 37.0 Å². The second kappa shape index (κ2) is 11.0. The lowest BCUT2D eigenvalue weighted by Crippen LogP contribution is -2.48. The van der Waals surface area contributed by atoms with E-state index < -0.39 is 56.5 Å². The second-order valence-corrected chi connectivity index (χ2v) is 12.9. The monoisotopic (exact) mass is 520 g/mol. The van der Waals surface area contributed by atoms with Crippen molar-refractivity contribution in [1.82, 2.24) is 0 Å². The van der Waals surface area contributed by atoms with Crippen LogP contribution < -0.4 is 0 Å². The molecule has 0 saturated heterocycles. The fourth-order valence-corrected chi connectivity index (χ4v) is 5.87. The average Bonchev–Trinajstić information content (AvgIpc) is 2.76. The molecule has 0 unspecified atom stereocenters. The molecule has 8 nitrogen and oxygen atoms in total. The van der Waals surface area contributed by atoms with Gasteiger partial charge < -0.3 is 14.2 Å². The maximum atomic E-state index is 14.1. The Balaban J connectivity index is 2.57. The van der Waals surface area contributed by atoms with Crippen molar-refractivity contribution in [2.24, 2.45) is 0 Å². The Hall–Kier alpha value is -2.94. The zero-order valence-electron chi connectivity index (χ0n) is 22.0. The highest BCUT2D eigenvalue weighted by atomic mass is 32.2. The van der Waals surface area contributed by atoms with Crippen LogP contribution in [0.3, 0.4) is 0 Å². The summed E-state index contributed by atoms with van der Waals surface area (Å²) in [5, 5.41) is 1.49. The van der Waals surface area contributed by atoms with E-state index in [1.54, 1.807) is 59.7 Å². The van der Waals surface area contributed by atoms with Gasteiger partial charge in [-0.15, -0.1) is 0 Å². The highest BCUT2D eigenvalue weighted by Crippen LogP contribution is 2.37. The van der Waals surface area contributed by atoms with Gasteiger partial charge in [-0.2, -0.15) is 0 Å². The van der Waals surface area contributed by atoms with Crippen molar-refractivity contribution in [2.75, 3.05) is 7.11 Å². The van der Waals surface area contributed by atoms with Crippen molar-refractivity contribution in [3.8, 4) is 0 Å². The first-order chi connectivity index (χ1) is 16.5. The van der Waals surface area contributed by atoms with Gasteiger partial charge in [-0.05, 0) is 77.3 Å². The number of hydrogen-bond donors (Lipinski definition) is 0. The van der Waals surface area contributed by atoms with Crippen LogP contribution in [0.4, 0.5) is 0 Å². The number of rotatable bonds is 9. The van der Waals surface area contributed by atoms with Crippen molar-refractivity contribution in [3.05, 3.63) is 42.5 Å². The van der Waals surface area contributed by atoms with Crippen LogP contribution >= 0.6 is 0 Å². The lowest BCUT2D eigenvalue weighted by molar-refractivity contribution is -0.155. The third-order valence-electron chi connectivity index (χ3n) is 5.41. The van der Waals surface area contributed by atoms with Crippen LogP contribution in [-0.2, 0) is 38.4 Å². The van der Waals surface area contributed by atoms with E-state index >= 15 is 0 Å². The van der Waals surface area contributed by atoms with Crippen LogP contribution in [0.15, 0.2) is 47.4 Å². The normalized spacial score (nSPS) is 12.8. The van der Waals surface area contributed by atoms with Gasteiger partial charge in [0.05, 0.1) is 12.0 Å². The Morgan fingerprint density at radius 1 is 0.750 bits per heavy atom. The van der Waals surface area contributed by atoms with Gasteiger partial charge >= 0.3 is 17.9 Å².